The van der Waals surface area contributed by atoms with Gasteiger partial charge in [0.25, 0.3) is 10.0 Å². The van der Waals surface area contributed by atoms with E-state index in [-0.39, 0.29) is 26.0 Å². The van der Waals surface area contributed by atoms with E-state index in [0.717, 1.165) is 5.56 Å². The van der Waals surface area contributed by atoms with Crippen LogP contribution in [-0.2, 0) is 16.6 Å². The van der Waals surface area contributed by atoms with Gasteiger partial charge in [0.2, 0.25) is 0 Å². The van der Waals surface area contributed by atoms with Crippen molar-refractivity contribution < 1.29 is 17.9 Å². The highest BCUT2D eigenvalue weighted by Crippen LogP contribution is 2.32. The Kier molecular flexibility index (Phi) is 4.89. The number of aliphatic hydroxyl groups excluding tert-OH is 1. The van der Waals surface area contributed by atoms with Crippen LogP contribution >= 0.6 is 39.1 Å². The van der Waals surface area contributed by atoms with E-state index < -0.39 is 16.6 Å². The number of aliphatic hydroxyl groups is 1. The van der Waals surface area contributed by atoms with E-state index in [9.17, 15) is 8.42 Å². The summed E-state index contributed by atoms with van der Waals surface area (Å²) in [6.45, 7) is 1.35. The Bertz CT molecular complexity index is 789. The zero-order chi connectivity index (χ0) is 15.8. The van der Waals surface area contributed by atoms with Gasteiger partial charge in [-0.05, 0) is 40.5 Å². The topological polar surface area (TPSA) is 79.5 Å². The highest BCUT2D eigenvalue weighted by atomic mass is 79.9. The van der Waals surface area contributed by atoms with Gasteiger partial charge in [0, 0.05) is 11.1 Å². The van der Waals surface area contributed by atoms with Gasteiger partial charge in [0.05, 0.1) is 10.7 Å². The molecule has 5 nitrogen and oxygen atoms in total. The number of benzene rings is 1. The third-order valence-electron chi connectivity index (χ3n) is 2.64. The lowest BCUT2D eigenvalue weighted by Crippen LogP contribution is -2.13. The number of hydrogen-bond donors (Lipinski definition) is 2. The van der Waals surface area contributed by atoms with Crippen molar-refractivity contribution in [3.8, 4) is 0 Å². The average Bonchev–Trinajstić information content (AvgIpc) is 2.78. The van der Waals surface area contributed by atoms with Gasteiger partial charge in [0.15, 0.2) is 4.67 Å². The Morgan fingerprint density at radius 1 is 1.29 bits per heavy atom. The lowest BCUT2D eigenvalue weighted by atomic mass is 10.2. The SMILES string of the molecule is Cc1cc(Cl)c(NS(=O)(=O)c2cc(CO)oc2Br)cc1Cl. The van der Waals surface area contributed by atoms with Gasteiger partial charge < -0.3 is 9.52 Å². The molecule has 9 heteroatoms. The molecule has 0 saturated heterocycles. The van der Waals surface area contributed by atoms with Crippen LogP contribution in [0.2, 0.25) is 10.0 Å². The molecule has 0 bridgehead atoms. The number of rotatable bonds is 4. The normalized spacial score (nSPS) is 11.7. The molecule has 0 unspecified atom stereocenters. The number of aryl methyl sites for hydroxylation is 1. The molecule has 0 aliphatic rings. The smallest absolute Gasteiger partial charge is 0.266 e. The van der Waals surface area contributed by atoms with Crippen molar-refractivity contribution in [1.29, 1.82) is 0 Å². The zero-order valence-electron chi connectivity index (χ0n) is 10.7. The van der Waals surface area contributed by atoms with E-state index in [4.69, 9.17) is 32.7 Å². The Morgan fingerprint density at radius 3 is 2.52 bits per heavy atom. The van der Waals surface area contributed by atoms with Crippen LogP contribution in [0.3, 0.4) is 0 Å². The molecular weight excluding hydrogens is 405 g/mol. The molecule has 0 aliphatic carbocycles. The van der Waals surface area contributed by atoms with E-state index >= 15 is 0 Å². The Hall–Kier alpha value is -0.730. The number of nitrogens with one attached hydrogen (secondary N) is 1. The summed E-state index contributed by atoms with van der Waals surface area (Å²) in [5, 5.41) is 9.59. The van der Waals surface area contributed by atoms with Crippen LogP contribution in [0.1, 0.15) is 11.3 Å². The van der Waals surface area contributed by atoms with Crippen LogP contribution in [0, 0.1) is 6.92 Å². The molecule has 0 saturated carbocycles. The quantitative estimate of drug-likeness (QED) is 0.793. The molecule has 1 aromatic carbocycles. The van der Waals surface area contributed by atoms with Gasteiger partial charge in [-0.15, -0.1) is 0 Å². The van der Waals surface area contributed by atoms with E-state index in [0.29, 0.717) is 5.02 Å². The Labute approximate surface area is 140 Å². The highest BCUT2D eigenvalue weighted by molar-refractivity contribution is 9.10. The van der Waals surface area contributed by atoms with E-state index in [1.165, 1.54) is 12.1 Å². The molecule has 0 spiro atoms. The van der Waals surface area contributed by atoms with Crippen LogP contribution in [0.5, 0.6) is 0 Å². The first kappa shape index (κ1) is 16.6. The van der Waals surface area contributed by atoms with Crippen LogP contribution in [-0.4, -0.2) is 13.5 Å². The van der Waals surface area contributed by atoms with Crippen molar-refractivity contribution in [2.45, 2.75) is 18.4 Å². The van der Waals surface area contributed by atoms with Crippen molar-refractivity contribution in [3.63, 3.8) is 0 Å². The molecular formula is C12H10BrCl2NO4S. The first-order valence-corrected chi connectivity index (χ1v) is 8.65. The van der Waals surface area contributed by atoms with Gasteiger partial charge in [-0.2, -0.15) is 0 Å². The zero-order valence-corrected chi connectivity index (χ0v) is 14.6. The number of hydrogen-bond acceptors (Lipinski definition) is 4. The summed E-state index contributed by atoms with van der Waals surface area (Å²) < 4.78 is 32.0. The maximum absolute atomic E-state index is 12.3. The summed E-state index contributed by atoms with van der Waals surface area (Å²) in [7, 11) is -3.93. The molecule has 0 aliphatic heterocycles. The van der Waals surface area contributed by atoms with Crippen molar-refractivity contribution in [3.05, 3.63) is 44.2 Å². The molecule has 1 aromatic heterocycles. The van der Waals surface area contributed by atoms with Crippen molar-refractivity contribution in [1.82, 2.24) is 0 Å². The largest absolute Gasteiger partial charge is 0.450 e. The number of halogens is 3. The Morgan fingerprint density at radius 2 is 1.95 bits per heavy atom. The predicted molar refractivity (Wildman–Crippen MR) is 84.3 cm³/mol. The van der Waals surface area contributed by atoms with E-state index in [2.05, 4.69) is 20.7 Å². The van der Waals surface area contributed by atoms with E-state index in [1.54, 1.807) is 13.0 Å². The number of sulfonamides is 1. The van der Waals surface area contributed by atoms with Gasteiger partial charge in [0.1, 0.15) is 17.3 Å². The van der Waals surface area contributed by atoms with Crippen LogP contribution in [0.15, 0.2) is 32.2 Å². The summed E-state index contributed by atoms with van der Waals surface area (Å²) in [5.41, 5.74) is 0.891. The molecule has 0 atom stereocenters. The third kappa shape index (κ3) is 3.54. The van der Waals surface area contributed by atoms with Gasteiger partial charge in [-0.1, -0.05) is 23.2 Å². The fourth-order valence-corrected chi connectivity index (χ4v) is 4.14. The third-order valence-corrected chi connectivity index (χ3v) is 5.59. The second-order valence-electron chi connectivity index (χ2n) is 4.20. The summed E-state index contributed by atoms with van der Waals surface area (Å²) in [6, 6.07) is 4.21. The maximum Gasteiger partial charge on any atom is 0.266 e. The fraction of sp³-hybridized carbons (Fsp3) is 0.167. The molecule has 2 rings (SSSR count). The van der Waals surface area contributed by atoms with Gasteiger partial charge in [-0.3, -0.25) is 4.72 Å². The minimum absolute atomic E-state index is 0.00613. The van der Waals surface area contributed by atoms with Gasteiger partial charge >= 0.3 is 0 Å². The highest BCUT2D eigenvalue weighted by Gasteiger charge is 2.23. The second kappa shape index (κ2) is 6.18. The molecule has 2 N–H and O–H groups in total. The summed E-state index contributed by atoms with van der Waals surface area (Å²) in [5.74, 6) is 0.121. The standard InChI is InChI=1S/C12H10BrCl2NO4S/c1-6-2-9(15)10(4-8(6)14)16-21(18,19)11-3-7(5-17)20-12(11)13/h2-4,16-17H,5H2,1H3. The first-order valence-electron chi connectivity index (χ1n) is 5.62. The minimum atomic E-state index is -3.93. The van der Waals surface area contributed by atoms with Crippen LogP contribution in [0.4, 0.5) is 5.69 Å². The lowest BCUT2D eigenvalue weighted by molar-refractivity contribution is 0.245. The minimum Gasteiger partial charge on any atom is -0.450 e. The maximum atomic E-state index is 12.3. The summed E-state index contributed by atoms with van der Waals surface area (Å²) in [4.78, 5) is -0.140. The molecule has 0 radical (unpaired) electrons. The van der Waals surface area contributed by atoms with Crippen molar-refractivity contribution >= 4 is 54.8 Å². The van der Waals surface area contributed by atoms with E-state index in [1.807, 2.05) is 0 Å². The van der Waals surface area contributed by atoms with Crippen molar-refractivity contribution in [2.24, 2.45) is 0 Å². The molecule has 2 aromatic rings. The van der Waals surface area contributed by atoms with Crippen LogP contribution < -0.4 is 4.72 Å². The molecule has 1 heterocycles. The molecule has 0 amide bonds. The second-order valence-corrected chi connectivity index (χ2v) is 7.38. The fourth-order valence-electron chi connectivity index (χ4n) is 1.58. The lowest BCUT2D eigenvalue weighted by Gasteiger charge is -2.10. The molecule has 0 fully saturated rings. The molecule has 114 valence electrons. The first-order chi connectivity index (χ1) is 9.74. The Balaban J connectivity index is 2.42. The summed E-state index contributed by atoms with van der Waals surface area (Å²) in [6.07, 6.45) is 0. The monoisotopic (exact) mass is 413 g/mol. The summed E-state index contributed by atoms with van der Waals surface area (Å²) >= 11 is 15.0. The van der Waals surface area contributed by atoms with Crippen molar-refractivity contribution in [2.75, 3.05) is 4.72 Å². The molecule has 21 heavy (non-hydrogen) atoms. The van der Waals surface area contributed by atoms with Crippen LogP contribution in [0.25, 0.3) is 0 Å². The van der Waals surface area contributed by atoms with Gasteiger partial charge in [-0.25, -0.2) is 8.42 Å². The average molecular weight is 415 g/mol. The number of anilines is 1. The number of furan rings is 1. The predicted octanol–water partition coefficient (Wildman–Crippen LogP) is 3.95.